The van der Waals surface area contributed by atoms with Crippen LogP contribution in [-0.2, 0) is 10.0 Å². The van der Waals surface area contributed by atoms with Gasteiger partial charge < -0.3 is 0 Å². The summed E-state index contributed by atoms with van der Waals surface area (Å²) in [4.78, 5) is 14.4. The number of aryl methyl sites for hydroxylation is 2. The molecule has 0 radical (unpaired) electrons. The summed E-state index contributed by atoms with van der Waals surface area (Å²) in [5, 5.41) is 11.3. The summed E-state index contributed by atoms with van der Waals surface area (Å²) in [5.74, 6) is 0. The number of rotatable bonds is 6. The summed E-state index contributed by atoms with van der Waals surface area (Å²) in [6.45, 7) is 10.1. The van der Waals surface area contributed by atoms with Crippen LogP contribution in [0.5, 0.6) is 0 Å². The third-order valence-electron chi connectivity index (χ3n) is 5.32. The minimum absolute atomic E-state index is 0.000558. The van der Waals surface area contributed by atoms with Crippen LogP contribution in [0.2, 0.25) is 0 Å². The van der Waals surface area contributed by atoms with Crippen LogP contribution in [0.4, 0.5) is 5.69 Å². The summed E-state index contributed by atoms with van der Waals surface area (Å²) in [6.07, 6.45) is 0. The first-order valence-electron chi connectivity index (χ1n) is 9.87. The van der Waals surface area contributed by atoms with Crippen molar-refractivity contribution in [3.63, 3.8) is 0 Å². The van der Waals surface area contributed by atoms with E-state index >= 15 is 0 Å². The Morgan fingerprint density at radius 3 is 2.27 bits per heavy atom. The third kappa shape index (κ3) is 4.85. The molecule has 7 nitrogen and oxygen atoms in total. The van der Waals surface area contributed by atoms with Crippen molar-refractivity contribution < 1.29 is 13.3 Å². The number of piperazine rings is 1. The minimum Gasteiger partial charge on any atom is -0.298 e. The largest absolute Gasteiger partial charge is 0.298 e. The summed E-state index contributed by atoms with van der Waals surface area (Å²) < 4.78 is 28.4. The fourth-order valence-electron chi connectivity index (χ4n) is 3.43. The molecule has 0 amide bonds. The van der Waals surface area contributed by atoms with Gasteiger partial charge in [-0.05, 0) is 51.0 Å². The topological polar surface area (TPSA) is 83.8 Å². The molecule has 0 unspecified atom stereocenters. The van der Waals surface area contributed by atoms with Crippen LogP contribution in [0.15, 0.2) is 51.1 Å². The van der Waals surface area contributed by atoms with Crippen molar-refractivity contribution in [3.8, 4) is 0 Å². The quantitative estimate of drug-likeness (QED) is 0.488. The molecule has 162 valence electrons. The Balaban J connectivity index is 2.00. The van der Waals surface area contributed by atoms with Gasteiger partial charge in [0.25, 0.3) is 5.69 Å². The Hall–Kier alpha value is -1.94. The van der Waals surface area contributed by atoms with Gasteiger partial charge >= 0.3 is 0 Å². The number of sulfonamides is 1. The fraction of sp³-hybridized carbons (Fsp3) is 0.429. The normalized spacial score (nSPS) is 16.2. The van der Waals surface area contributed by atoms with E-state index < -0.39 is 14.9 Å². The highest BCUT2D eigenvalue weighted by molar-refractivity contribution is 8.00. The van der Waals surface area contributed by atoms with Crippen molar-refractivity contribution in [2.24, 2.45) is 0 Å². The first kappa shape index (κ1) is 22.7. The highest BCUT2D eigenvalue weighted by Gasteiger charge is 2.32. The van der Waals surface area contributed by atoms with E-state index in [1.165, 1.54) is 28.2 Å². The molecule has 0 aromatic heterocycles. The Morgan fingerprint density at radius 2 is 1.67 bits per heavy atom. The van der Waals surface area contributed by atoms with E-state index in [9.17, 15) is 18.5 Å². The van der Waals surface area contributed by atoms with Gasteiger partial charge in [-0.2, -0.15) is 4.31 Å². The van der Waals surface area contributed by atoms with Gasteiger partial charge in [0.05, 0.1) is 4.92 Å². The van der Waals surface area contributed by atoms with Crippen LogP contribution in [0.3, 0.4) is 0 Å². The van der Waals surface area contributed by atoms with Crippen molar-refractivity contribution in [3.05, 3.63) is 57.6 Å². The number of hydrogen-bond donors (Lipinski definition) is 0. The van der Waals surface area contributed by atoms with Crippen molar-refractivity contribution >= 4 is 27.5 Å². The molecule has 1 fully saturated rings. The first-order valence-corrected chi connectivity index (χ1v) is 12.1. The molecule has 0 atom stereocenters. The molecule has 9 heteroatoms. The summed E-state index contributed by atoms with van der Waals surface area (Å²) in [7, 11) is -3.86. The zero-order chi connectivity index (χ0) is 22.1. The van der Waals surface area contributed by atoms with E-state index in [0.717, 1.165) is 16.0 Å². The van der Waals surface area contributed by atoms with E-state index in [4.69, 9.17) is 0 Å². The molecular weight excluding hydrogens is 422 g/mol. The molecule has 1 saturated heterocycles. The number of nitrogens with zero attached hydrogens (tertiary/aromatic N) is 3. The summed E-state index contributed by atoms with van der Waals surface area (Å²) in [6, 6.07) is 10.4. The van der Waals surface area contributed by atoms with Crippen LogP contribution < -0.4 is 0 Å². The third-order valence-corrected chi connectivity index (χ3v) is 8.63. The number of non-ortho nitro benzene ring substituents is 1. The van der Waals surface area contributed by atoms with E-state index in [2.05, 4.69) is 18.7 Å². The SMILES string of the molecule is Cc1ccc(C)c(Sc2ccc([N+](=O)[O-])cc2S(=O)(=O)N2CCN(C(C)C)CC2)c1. The van der Waals surface area contributed by atoms with Gasteiger partial charge in [0.15, 0.2) is 0 Å². The van der Waals surface area contributed by atoms with Gasteiger partial charge in [-0.15, -0.1) is 0 Å². The molecule has 1 aliphatic rings. The highest BCUT2D eigenvalue weighted by atomic mass is 32.2. The lowest BCUT2D eigenvalue weighted by Gasteiger charge is -2.36. The second-order valence-electron chi connectivity index (χ2n) is 7.79. The Bertz CT molecular complexity index is 1050. The number of nitro groups is 1. The molecule has 1 aliphatic heterocycles. The molecule has 30 heavy (non-hydrogen) atoms. The first-order chi connectivity index (χ1) is 14.1. The predicted octanol–water partition coefficient (Wildman–Crippen LogP) is 4.08. The van der Waals surface area contributed by atoms with E-state index in [1.807, 2.05) is 32.0 Å². The molecule has 0 aliphatic carbocycles. The molecule has 0 bridgehead atoms. The monoisotopic (exact) mass is 449 g/mol. The second kappa shape index (κ2) is 9.05. The van der Waals surface area contributed by atoms with Gasteiger partial charge in [0.1, 0.15) is 4.90 Å². The highest BCUT2D eigenvalue weighted by Crippen LogP contribution is 2.38. The Labute approximate surface area is 182 Å². The van der Waals surface area contributed by atoms with Crippen LogP contribution >= 0.6 is 11.8 Å². The van der Waals surface area contributed by atoms with Crippen molar-refractivity contribution in [2.75, 3.05) is 26.2 Å². The number of benzene rings is 2. The molecule has 2 aromatic rings. The smallest absolute Gasteiger partial charge is 0.270 e. The van der Waals surface area contributed by atoms with Crippen molar-refractivity contribution in [1.82, 2.24) is 9.21 Å². The lowest BCUT2D eigenvalue weighted by Crippen LogP contribution is -2.50. The second-order valence-corrected chi connectivity index (χ2v) is 10.8. The van der Waals surface area contributed by atoms with E-state index in [1.54, 1.807) is 6.07 Å². The van der Waals surface area contributed by atoms with Gasteiger partial charge in [-0.3, -0.25) is 15.0 Å². The zero-order valence-electron chi connectivity index (χ0n) is 17.7. The maximum absolute atomic E-state index is 13.5. The fourth-order valence-corrected chi connectivity index (χ4v) is 6.39. The Morgan fingerprint density at radius 1 is 1.00 bits per heavy atom. The van der Waals surface area contributed by atoms with Crippen LogP contribution in [0.25, 0.3) is 0 Å². The van der Waals surface area contributed by atoms with E-state index in [-0.39, 0.29) is 10.6 Å². The zero-order valence-corrected chi connectivity index (χ0v) is 19.3. The lowest BCUT2D eigenvalue weighted by atomic mass is 10.2. The maximum Gasteiger partial charge on any atom is 0.270 e. The van der Waals surface area contributed by atoms with Gasteiger partial charge in [-0.1, -0.05) is 23.9 Å². The standard InChI is InChI=1S/C21H27N3O4S2/c1-15(2)22-9-11-23(12-10-22)30(27,28)21-14-18(24(25)26)7-8-19(21)29-20-13-16(3)5-6-17(20)4/h5-8,13-15H,9-12H2,1-4H3. The molecule has 1 heterocycles. The summed E-state index contributed by atoms with van der Waals surface area (Å²) in [5.41, 5.74) is 1.87. The van der Waals surface area contributed by atoms with Crippen LogP contribution in [-0.4, -0.2) is 54.8 Å². The van der Waals surface area contributed by atoms with Gasteiger partial charge in [-0.25, -0.2) is 8.42 Å². The van der Waals surface area contributed by atoms with E-state index in [0.29, 0.717) is 37.1 Å². The molecule has 0 saturated carbocycles. The number of nitro benzene ring substituents is 1. The van der Waals surface area contributed by atoms with Crippen LogP contribution in [0, 0.1) is 24.0 Å². The predicted molar refractivity (Wildman–Crippen MR) is 119 cm³/mol. The summed E-state index contributed by atoms with van der Waals surface area (Å²) >= 11 is 1.33. The minimum atomic E-state index is -3.86. The average Bonchev–Trinajstić information content (AvgIpc) is 2.70. The molecule has 3 rings (SSSR count). The average molecular weight is 450 g/mol. The number of hydrogen-bond acceptors (Lipinski definition) is 6. The van der Waals surface area contributed by atoms with Gasteiger partial charge in [0, 0.05) is 54.1 Å². The van der Waals surface area contributed by atoms with Crippen molar-refractivity contribution in [2.45, 2.75) is 48.4 Å². The lowest BCUT2D eigenvalue weighted by molar-refractivity contribution is -0.385. The molecule has 0 spiro atoms. The molecule has 0 N–H and O–H groups in total. The van der Waals surface area contributed by atoms with Crippen LogP contribution in [0.1, 0.15) is 25.0 Å². The van der Waals surface area contributed by atoms with Crippen molar-refractivity contribution in [1.29, 1.82) is 0 Å². The van der Waals surface area contributed by atoms with Gasteiger partial charge in [0.2, 0.25) is 10.0 Å². The molecular formula is C21H27N3O4S2. The maximum atomic E-state index is 13.5. The Kier molecular flexibility index (Phi) is 6.86. The molecule has 2 aromatic carbocycles.